The Labute approximate surface area is 139 Å². The maximum absolute atomic E-state index is 12.1. The van der Waals surface area contributed by atoms with E-state index in [0.29, 0.717) is 16.6 Å². The molecule has 8 nitrogen and oxygen atoms in total. The van der Waals surface area contributed by atoms with Gasteiger partial charge in [-0.15, -0.1) is 0 Å². The molecular formula is C16H21N5O3. The Kier molecular flexibility index (Phi) is 4.39. The quantitative estimate of drug-likeness (QED) is 0.886. The first-order valence-corrected chi connectivity index (χ1v) is 8.01. The Morgan fingerprint density at radius 1 is 1.38 bits per heavy atom. The van der Waals surface area contributed by atoms with E-state index in [1.807, 2.05) is 18.9 Å². The van der Waals surface area contributed by atoms with Crippen molar-refractivity contribution in [3.8, 4) is 0 Å². The fourth-order valence-electron chi connectivity index (χ4n) is 2.83. The first-order valence-electron chi connectivity index (χ1n) is 8.01. The highest BCUT2D eigenvalue weighted by atomic mass is 16.4. The van der Waals surface area contributed by atoms with Crippen LogP contribution in [-0.2, 0) is 0 Å². The number of rotatable bonds is 4. The van der Waals surface area contributed by atoms with Crippen LogP contribution < -0.4 is 21.7 Å². The number of nitrogens with one attached hydrogen (secondary N) is 1. The van der Waals surface area contributed by atoms with E-state index in [9.17, 15) is 9.59 Å². The number of fused-ring (bicyclic) bond motifs is 1. The fraction of sp³-hybridized carbons (Fsp3) is 0.438. The highest BCUT2D eigenvalue weighted by molar-refractivity contribution is 5.92. The van der Waals surface area contributed by atoms with Crippen molar-refractivity contribution < 1.29 is 9.21 Å². The van der Waals surface area contributed by atoms with Crippen molar-refractivity contribution >= 4 is 28.6 Å². The minimum absolute atomic E-state index is 0.0769. The van der Waals surface area contributed by atoms with Crippen molar-refractivity contribution in [3.05, 3.63) is 28.6 Å². The lowest BCUT2D eigenvalue weighted by Crippen LogP contribution is -2.48. The van der Waals surface area contributed by atoms with Gasteiger partial charge in [-0.2, -0.15) is 4.98 Å². The molecule has 0 radical (unpaired) electrons. The van der Waals surface area contributed by atoms with E-state index in [-0.39, 0.29) is 12.1 Å². The largest absolute Gasteiger partial charge is 0.389 e. The highest BCUT2D eigenvalue weighted by Crippen LogP contribution is 2.24. The maximum atomic E-state index is 12.1. The van der Waals surface area contributed by atoms with Gasteiger partial charge in [-0.05, 0) is 44.9 Å². The van der Waals surface area contributed by atoms with Crippen LogP contribution in [0.3, 0.4) is 0 Å². The molecule has 128 valence electrons. The van der Waals surface area contributed by atoms with Crippen LogP contribution in [0.4, 0.5) is 16.5 Å². The van der Waals surface area contributed by atoms with E-state index in [1.165, 1.54) is 5.01 Å². The molecule has 0 aliphatic carbocycles. The number of nitrogens with two attached hydrogens (primary N) is 1. The van der Waals surface area contributed by atoms with Crippen LogP contribution >= 0.6 is 0 Å². The van der Waals surface area contributed by atoms with Crippen molar-refractivity contribution in [2.75, 3.05) is 23.4 Å². The SMILES string of the molecule is CC(C)Nc1nc2cc(N(C(N)=O)N3CCCC3)ccc2c(=O)o1. The fourth-order valence-corrected chi connectivity index (χ4v) is 2.83. The molecule has 1 saturated heterocycles. The van der Waals surface area contributed by atoms with Crippen molar-refractivity contribution in [1.29, 1.82) is 0 Å². The summed E-state index contributed by atoms with van der Waals surface area (Å²) in [4.78, 5) is 28.3. The molecule has 0 atom stereocenters. The number of carbonyl (C=O) groups excluding carboxylic acids is 1. The standard InChI is InChI=1S/C16H21N5O3/c1-10(2)18-16-19-13-9-11(5-6-12(13)14(22)24-16)21(15(17)23)20-7-3-4-8-20/h5-6,9-10H,3-4,7-8H2,1-2H3,(H2,17,23)(H,18,19). The van der Waals surface area contributed by atoms with Crippen LogP contribution in [0.15, 0.2) is 27.4 Å². The van der Waals surface area contributed by atoms with Crippen LogP contribution in [-0.4, -0.2) is 35.2 Å². The lowest BCUT2D eigenvalue weighted by molar-refractivity contribution is 0.231. The van der Waals surface area contributed by atoms with Crippen molar-refractivity contribution in [1.82, 2.24) is 9.99 Å². The summed E-state index contributed by atoms with van der Waals surface area (Å²) in [5, 5.41) is 6.68. The molecule has 0 bridgehead atoms. The molecule has 24 heavy (non-hydrogen) atoms. The minimum Gasteiger partial charge on any atom is -0.389 e. The molecule has 0 unspecified atom stereocenters. The zero-order valence-electron chi connectivity index (χ0n) is 13.8. The van der Waals surface area contributed by atoms with Crippen LogP contribution in [0.2, 0.25) is 0 Å². The summed E-state index contributed by atoms with van der Waals surface area (Å²) in [6.45, 7) is 5.38. The van der Waals surface area contributed by atoms with Crippen LogP contribution in [0.25, 0.3) is 10.9 Å². The van der Waals surface area contributed by atoms with Crippen LogP contribution in [0.5, 0.6) is 0 Å². The molecule has 2 aromatic rings. The summed E-state index contributed by atoms with van der Waals surface area (Å²) in [7, 11) is 0. The summed E-state index contributed by atoms with van der Waals surface area (Å²) < 4.78 is 5.16. The van der Waals surface area contributed by atoms with Gasteiger partial charge >= 0.3 is 11.7 Å². The lowest BCUT2D eigenvalue weighted by atomic mass is 10.2. The third-order valence-electron chi connectivity index (χ3n) is 3.84. The van der Waals surface area contributed by atoms with E-state index < -0.39 is 11.7 Å². The van der Waals surface area contributed by atoms with Gasteiger partial charge in [-0.3, -0.25) is 0 Å². The number of hydrogen-bond donors (Lipinski definition) is 2. The zero-order valence-corrected chi connectivity index (χ0v) is 13.8. The van der Waals surface area contributed by atoms with Crippen molar-refractivity contribution in [3.63, 3.8) is 0 Å². The Hall–Kier alpha value is -2.61. The smallest absolute Gasteiger partial charge is 0.348 e. The predicted octanol–water partition coefficient (Wildman–Crippen LogP) is 1.90. The lowest BCUT2D eigenvalue weighted by Gasteiger charge is -2.29. The van der Waals surface area contributed by atoms with E-state index in [4.69, 9.17) is 10.2 Å². The molecule has 2 amide bonds. The Bertz CT molecular complexity index is 811. The van der Waals surface area contributed by atoms with Crippen molar-refractivity contribution in [2.45, 2.75) is 32.7 Å². The van der Waals surface area contributed by atoms with Gasteiger partial charge in [0.2, 0.25) is 0 Å². The third kappa shape index (κ3) is 3.18. The summed E-state index contributed by atoms with van der Waals surface area (Å²) in [6, 6.07) is 4.65. The van der Waals surface area contributed by atoms with Gasteiger partial charge < -0.3 is 15.5 Å². The monoisotopic (exact) mass is 331 g/mol. The normalized spacial score (nSPS) is 15.1. The summed E-state index contributed by atoms with van der Waals surface area (Å²) >= 11 is 0. The van der Waals surface area contributed by atoms with Gasteiger partial charge in [-0.1, -0.05) is 0 Å². The molecule has 1 aromatic carbocycles. The second-order valence-electron chi connectivity index (χ2n) is 6.12. The molecule has 0 saturated carbocycles. The number of carbonyl (C=O) groups is 1. The molecular weight excluding hydrogens is 310 g/mol. The number of urea groups is 1. The number of benzene rings is 1. The first kappa shape index (κ1) is 16.3. The van der Waals surface area contributed by atoms with E-state index in [0.717, 1.165) is 25.9 Å². The Morgan fingerprint density at radius 2 is 2.08 bits per heavy atom. The first-order chi connectivity index (χ1) is 11.5. The number of hydrogen-bond acceptors (Lipinski definition) is 6. The molecule has 1 aliphatic heterocycles. The Morgan fingerprint density at radius 3 is 2.71 bits per heavy atom. The number of anilines is 2. The highest BCUT2D eigenvalue weighted by Gasteiger charge is 2.24. The topological polar surface area (TPSA) is 105 Å². The average molecular weight is 331 g/mol. The molecule has 1 fully saturated rings. The van der Waals surface area contributed by atoms with Gasteiger partial charge in [0.25, 0.3) is 6.01 Å². The predicted molar refractivity (Wildman–Crippen MR) is 91.9 cm³/mol. The summed E-state index contributed by atoms with van der Waals surface area (Å²) in [5.41, 5.74) is 6.12. The summed E-state index contributed by atoms with van der Waals surface area (Å²) in [6.07, 6.45) is 2.03. The molecule has 1 aliphatic rings. The number of primary amides is 1. The van der Waals surface area contributed by atoms with Gasteiger partial charge in [0.05, 0.1) is 16.6 Å². The number of aromatic nitrogens is 1. The maximum Gasteiger partial charge on any atom is 0.348 e. The molecule has 0 spiro atoms. The van der Waals surface area contributed by atoms with E-state index in [1.54, 1.807) is 18.2 Å². The van der Waals surface area contributed by atoms with Gasteiger partial charge in [-0.25, -0.2) is 19.6 Å². The second kappa shape index (κ2) is 6.48. The van der Waals surface area contributed by atoms with Crippen LogP contribution in [0.1, 0.15) is 26.7 Å². The molecule has 8 heteroatoms. The second-order valence-corrected chi connectivity index (χ2v) is 6.12. The number of amides is 2. The molecule has 2 heterocycles. The van der Waals surface area contributed by atoms with Crippen LogP contribution in [0, 0.1) is 0 Å². The van der Waals surface area contributed by atoms with Gasteiger partial charge in [0, 0.05) is 19.1 Å². The molecule has 1 aromatic heterocycles. The molecule has 3 N–H and O–H groups in total. The minimum atomic E-state index is -0.556. The number of hydrazine groups is 1. The third-order valence-corrected chi connectivity index (χ3v) is 3.84. The van der Waals surface area contributed by atoms with Crippen molar-refractivity contribution in [2.24, 2.45) is 5.73 Å². The van der Waals surface area contributed by atoms with Gasteiger partial charge in [0.1, 0.15) is 0 Å². The van der Waals surface area contributed by atoms with E-state index >= 15 is 0 Å². The Balaban J connectivity index is 2.05. The van der Waals surface area contributed by atoms with Gasteiger partial charge in [0.15, 0.2) is 0 Å². The number of nitrogens with zero attached hydrogens (tertiary/aromatic N) is 3. The summed E-state index contributed by atoms with van der Waals surface area (Å²) in [5.74, 6) is 0. The molecule has 3 rings (SSSR count). The average Bonchev–Trinajstić information content (AvgIpc) is 3.00. The zero-order chi connectivity index (χ0) is 17.3. The van der Waals surface area contributed by atoms with E-state index in [2.05, 4.69) is 10.3 Å².